The number of carbonyl (C=O) groups excluding carboxylic acids is 1. The third-order valence-electron chi connectivity index (χ3n) is 3.08. The molecule has 0 radical (unpaired) electrons. The first-order valence-electron chi connectivity index (χ1n) is 6.83. The first-order chi connectivity index (χ1) is 11.4. The van der Waals surface area contributed by atoms with Crippen LogP contribution in [0.25, 0.3) is 0 Å². The molecule has 0 heterocycles. The largest absolute Gasteiger partial charge is 0.507 e. The average molecular weight is 337 g/mol. The standard InChI is InChI=1S/C15H13F2N3O4/c16-9-7-12(17)14(13(21)8-9)15(22)19-6-5-18-10-1-3-11(4-2-10)20(23)24/h1-4,7-8,18,21H,5-6H2,(H,19,22). The molecule has 0 fully saturated rings. The van der Waals surface area contributed by atoms with Gasteiger partial charge in [0.1, 0.15) is 22.9 Å². The van der Waals surface area contributed by atoms with Crippen LogP contribution in [0.4, 0.5) is 20.2 Å². The second-order valence-electron chi connectivity index (χ2n) is 4.77. The number of hydrogen-bond acceptors (Lipinski definition) is 5. The third kappa shape index (κ3) is 4.15. The number of nitrogens with one attached hydrogen (secondary N) is 2. The molecular formula is C15H13F2N3O4. The number of rotatable bonds is 6. The van der Waals surface area contributed by atoms with Gasteiger partial charge in [0.15, 0.2) is 0 Å². The molecule has 2 rings (SSSR count). The first kappa shape index (κ1) is 17.1. The molecule has 2 aromatic rings. The maximum atomic E-state index is 13.5. The summed E-state index contributed by atoms with van der Waals surface area (Å²) in [6.07, 6.45) is 0. The van der Waals surface area contributed by atoms with Gasteiger partial charge in [-0.15, -0.1) is 0 Å². The molecule has 9 heteroatoms. The molecule has 24 heavy (non-hydrogen) atoms. The predicted molar refractivity (Wildman–Crippen MR) is 81.9 cm³/mol. The Kier molecular flexibility index (Phi) is 5.25. The minimum Gasteiger partial charge on any atom is -0.507 e. The maximum absolute atomic E-state index is 13.5. The summed E-state index contributed by atoms with van der Waals surface area (Å²) in [4.78, 5) is 21.8. The number of non-ortho nitro benzene ring substituents is 1. The number of halogens is 2. The van der Waals surface area contributed by atoms with E-state index in [1.807, 2.05) is 0 Å². The molecule has 1 amide bonds. The first-order valence-corrected chi connectivity index (χ1v) is 6.83. The summed E-state index contributed by atoms with van der Waals surface area (Å²) >= 11 is 0. The van der Waals surface area contributed by atoms with E-state index in [0.717, 1.165) is 0 Å². The molecule has 0 aliphatic heterocycles. The van der Waals surface area contributed by atoms with Crippen molar-refractivity contribution in [3.05, 3.63) is 63.7 Å². The van der Waals surface area contributed by atoms with Gasteiger partial charge in [0.25, 0.3) is 11.6 Å². The van der Waals surface area contributed by atoms with Gasteiger partial charge in [0.2, 0.25) is 0 Å². The van der Waals surface area contributed by atoms with Crippen molar-refractivity contribution in [1.82, 2.24) is 5.32 Å². The number of amides is 1. The maximum Gasteiger partial charge on any atom is 0.269 e. The number of anilines is 1. The lowest BCUT2D eigenvalue weighted by atomic mass is 10.1. The topological polar surface area (TPSA) is 104 Å². The number of phenols is 1. The van der Waals surface area contributed by atoms with Crippen LogP contribution in [0, 0.1) is 21.7 Å². The van der Waals surface area contributed by atoms with E-state index < -0.39 is 33.8 Å². The number of benzene rings is 2. The fourth-order valence-electron chi connectivity index (χ4n) is 1.96. The fourth-order valence-corrected chi connectivity index (χ4v) is 1.96. The van der Waals surface area contributed by atoms with Gasteiger partial charge in [-0.05, 0) is 12.1 Å². The Morgan fingerprint density at radius 1 is 1.17 bits per heavy atom. The Bertz CT molecular complexity index is 743. The van der Waals surface area contributed by atoms with Crippen LogP contribution in [0.3, 0.4) is 0 Å². The van der Waals surface area contributed by atoms with Gasteiger partial charge in [-0.1, -0.05) is 0 Å². The van der Waals surface area contributed by atoms with Crippen molar-refractivity contribution in [2.45, 2.75) is 0 Å². The molecule has 0 spiro atoms. The van der Waals surface area contributed by atoms with Crippen molar-refractivity contribution in [1.29, 1.82) is 0 Å². The lowest BCUT2D eigenvalue weighted by Gasteiger charge is -2.09. The molecule has 0 saturated heterocycles. The highest BCUT2D eigenvalue weighted by Crippen LogP contribution is 2.21. The van der Waals surface area contributed by atoms with Gasteiger partial charge in [0.05, 0.1) is 4.92 Å². The van der Waals surface area contributed by atoms with Crippen molar-refractivity contribution < 1.29 is 23.6 Å². The van der Waals surface area contributed by atoms with E-state index in [1.165, 1.54) is 24.3 Å². The van der Waals surface area contributed by atoms with E-state index >= 15 is 0 Å². The van der Waals surface area contributed by atoms with E-state index in [2.05, 4.69) is 10.6 Å². The number of nitro groups is 1. The Balaban J connectivity index is 1.86. The van der Waals surface area contributed by atoms with Gasteiger partial charge in [-0.3, -0.25) is 14.9 Å². The molecule has 3 N–H and O–H groups in total. The number of carbonyl (C=O) groups is 1. The fraction of sp³-hybridized carbons (Fsp3) is 0.133. The van der Waals surface area contributed by atoms with Crippen molar-refractivity contribution in [2.75, 3.05) is 18.4 Å². The zero-order valence-corrected chi connectivity index (χ0v) is 12.3. The minimum absolute atomic E-state index is 0.0453. The number of phenolic OH excluding ortho intramolecular Hbond substituents is 1. The number of aromatic hydroxyl groups is 1. The van der Waals surface area contributed by atoms with Gasteiger partial charge < -0.3 is 15.7 Å². The SMILES string of the molecule is O=C(NCCNc1ccc([N+](=O)[O-])cc1)c1c(O)cc(F)cc1F. The Morgan fingerprint density at radius 2 is 1.83 bits per heavy atom. The van der Waals surface area contributed by atoms with Gasteiger partial charge in [-0.2, -0.15) is 0 Å². The summed E-state index contributed by atoms with van der Waals surface area (Å²) in [5, 5.41) is 25.2. The summed E-state index contributed by atoms with van der Waals surface area (Å²) in [5.74, 6) is -3.81. The van der Waals surface area contributed by atoms with Crippen LogP contribution in [0.15, 0.2) is 36.4 Å². The highest BCUT2D eigenvalue weighted by Gasteiger charge is 2.17. The highest BCUT2D eigenvalue weighted by atomic mass is 19.1. The Hall–Kier alpha value is -3.23. The van der Waals surface area contributed by atoms with Gasteiger partial charge in [-0.25, -0.2) is 8.78 Å². The molecule has 0 unspecified atom stereocenters. The van der Waals surface area contributed by atoms with Crippen LogP contribution in [-0.4, -0.2) is 29.0 Å². The third-order valence-corrected chi connectivity index (χ3v) is 3.08. The van der Waals surface area contributed by atoms with Crippen molar-refractivity contribution in [2.24, 2.45) is 0 Å². The number of nitro benzene ring substituents is 1. The summed E-state index contributed by atoms with van der Waals surface area (Å²) < 4.78 is 26.4. The molecule has 0 atom stereocenters. The van der Waals surface area contributed by atoms with Crippen LogP contribution in [0.1, 0.15) is 10.4 Å². The van der Waals surface area contributed by atoms with E-state index in [1.54, 1.807) is 0 Å². The van der Waals surface area contributed by atoms with Crippen LogP contribution in [0.2, 0.25) is 0 Å². The summed E-state index contributed by atoms with van der Waals surface area (Å²) in [5.41, 5.74) is -0.0755. The van der Waals surface area contributed by atoms with E-state index in [9.17, 15) is 28.8 Å². The molecule has 126 valence electrons. The van der Waals surface area contributed by atoms with Crippen molar-refractivity contribution in [3.8, 4) is 5.75 Å². The Morgan fingerprint density at radius 3 is 2.42 bits per heavy atom. The van der Waals surface area contributed by atoms with Gasteiger partial charge in [0, 0.05) is 43.0 Å². The smallest absolute Gasteiger partial charge is 0.269 e. The van der Waals surface area contributed by atoms with Crippen LogP contribution in [0.5, 0.6) is 5.75 Å². The summed E-state index contributed by atoms with van der Waals surface area (Å²) in [6.45, 7) is 0.346. The highest BCUT2D eigenvalue weighted by molar-refractivity contribution is 5.97. The van der Waals surface area contributed by atoms with Crippen molar-refractivity contribution >= 4 is 17.3 Å². The molecule has 0 saturated carbocycles. The van der Waals surface area contributed by atoms with Gasteiger partial charge >= 0.3 is 0 Å². The number of hydrogen-bond donors (Lipinski definition) is 3. The molecule has 0 aliphatic rings. The van der Waals surface area contributed by atoms with Crippen molar-refractivity contribution in [3.63, 3.8) is 0 Å². The van der Waals surface area contributed by atoms with Crippen LogP contribution < -0.4 is 10.6 Å². The van der Waals surface area contributed by atoms with Crippen LogP contribution in [-0.2, 0) is 0 Å². The minimum atomic E-state index is -1.16. The molecule has 0 aliphatic carbocycles. The normalized spacial score (nSPS) is 10.2. The molecule has 2 aromatic carbocycles. The second-order valence-corrected chi connectivity index (χ2v) is 4.77. The zero-order valence-electron chi connectivity index (χ0n) is 12.3. The molecule has 7 nitrogen and oxygen atoms in total. The van der Waals surface area contributed by atoms with E-state index in [4.69, 9.17) is 0 Å². The monoisotopic (exact) mass is 337 g/mol. The summed E-state index contributed by atoms with van der Waals surface area (Å²) in [7, 11) is 0. The Labute approximate surface area is 135 Å². The lowest BCUT2D eigenvalue weighted by molar-refractivity contribution is -0.384. The summed E-state index contributed by atoms with van der Waals surface area (Å²) in [6, 6.07) is 6.81. The quantitative estimate of drug-likeness (QED) is 0.426. The second kappa shape index (κ2) is 7.36. The molecular weight excluding hydrogens is 324 g/mol. The lowest BCUT2D eigenvalue weighted by Crippen LogP contribution is -2.29. The molecule has 0 bridgehead atoms. The van der Waals surface area contributed by atoms with E-state index in [-0.39, 0.29) is 18.8 Å². The average Bonchev–Trinajstić information content (AvgIpc) is 2.51. The van der Waals surface area contributed by atoms with E-state index in [0.29, 0.717) is 17.8 Å². The zero-order chi connectivity index (χ0) is 17.7. The van der Waals surface area contributed by atoms with Crippen LogP contribution >= 0.6 is 0 Å². The number of nitrogens with zero attached hydrogens (tertiary/aromatic N) is 1. The molecule has 0 aromatic heterocycles. The predicted octanol–water partition coefficient (Wildman–Crippen LogP) is 2.42.